The summed E-state index contributed by atoms with van der Waals surface area (Å²) in [5, 5.41) is 18.5. The summed E-state index contributed by atoms with van der Waals surface area (Å²) in [5.41, 5.74) is 1.46. The Labute approximate surface area is 116 Å². The van der Waals surface area contributed by atoms with Gasteiger partial charge in [-0.1, -0.05) is 24.3 Å². The van der Waals surface area contributed by atoms with Crippen molar-refractivity contribution in [2.75, 3.05) is 7.11 Å². The van der Waals surface area contributed by atoms with Gasteiger partial charge in [0.25, 0.3) is 0 Å². The molecule has 0 aliphatic heterocycles. The van der Waals surface area contributed by atoms with Crippen molar-refractivity contribution in [3.8, 4) is 11.5 Å². The van der Waals surface area contributed by atoms with E-state index in [0.29, 0.717) is 11.3 Å². The summed E-state index contributed by atoms with van der Waals surface area (Å²) in [6.07, 6.45) is 1.58. The van der Waals surface area contributed by atoms with E-state index in [1.165, 1.54) is 12.1 Å². The molecular formula is C16H14O4. The molecule has 4 nitrogen and oxygen atoms in total. The van der Waals surface area contributed by atoms with E-state index in [2.05, 4.69) is 0 Å². The lowest BCUT2D eigenvalue weighted by Gasteiger charge is -2.04. The van der Waals surface area contributed by atoms with E-state index in [-0.39, 0.29) is 11.3 Å². The van der Waals surface area contributed by atoms with Crippen molar-refractivity contribution in [3.63, 3.8) is 0 Å². The molecular weight excluding hydrogens is 256 g/mol. The number of ether oxygens (including phenoxy) is 1. The highest BCUT2D eigenvalue weighted by Crippen LogP contribution is 2.22. The second-order valence-electron chi connectivity index (χ2n) is 4.18. The molecule has 0 saturated carbocycles. The first kappa shape index (κ1) is 13.7. The van der Waals surface area contributed by atoms with Crippen LogP contribution in [0.3, 0.4) is 0 Å². The zero-order valence-electron chi connectivity index (χ0n) is 10.9. The lowest BCUT2D eigenvalue weighted by atomic mass is 10.0. The van der Waals surface area contributed by atoms with Crippen LogP contribution in [0.15, 0.2) is 48.5 Å². The molecule has 0 atom stereocenters. The number of rotatable bonds is 4. The van der Waals surface area contributed by atoms with Crippen molar-refractivity contribution in [1.29, 1.82) is 0 Å². The molecule has 102 valence electrons. The van der Waals surface area contributed by atoms with Gasteiger partial charge in [-0.15, -0.1) is 0 Å². The van der Waals surface area contributed by atoms with Crippen molar-refractivity contribution < 1.29 is 19.7 Å². The number of phenolic OH excluding ortho intramolecular Hbond substituents is 1. The number of aromatic hydroxyl groups is 1. The fourth-order valence-corrected chi connectivity index (χ4v) is 1.78. The summed E-state index contributed by atoms with van der Waals surface area (Å²) in [7, 11) is 1.57. The quantitative estimate of drug-likeness (QED) is 0.662. The molecule has 0 radical (unpaired) electrons. The molecule has 0 bridgehead atoms. The van der Waals surface area contributed by atoms with Gasteiger partial charge in [-0.05, 0) is 41.5 Å². The largest absolute Gasteiger partial charge is 0.508 e. The number of hydrogen-bond donors (Lipinski definition) is 2. The summed E-state index contributed by atoms with van der Waals surface area (Å²) in [6.45, 7) is 0. The molecule has 2 N–H and O–H groups in total. The molecule has 0 aromatic heterocycles. The zero-order valence-corrected chi connectivity index (χ0v) is 10.9. The number of benzene rings is 2. The van der Waals surface area contributed by atoms with Gasteiger partial charge in [0.05, 0.1) is 12.7 Å². The maximum Gasteiger partial charge on any atom is 0.336 e. The van der Waals surface area contributed by atoms with Gasteiger partial charge in [-0.3, -0.25) is 0 Å². The van der Waals surface area contributed by atoms with Crippen molar-refractivity contribution in [1.82, 2.24) is 0 Å². The van der Waals surface area contributed by atoms with Gasteiger partial charge in [-0.25, -0.2) is 4.79 Å². The van der Waals surface area contributed by atoms with Gasteiger partial charge in [0.2, 0.25) is 0 Å². The van der Waals surface area contributed by atoms with Gasteiger partial charge in [-0.2, -0.15) is 0 Å². The Balaban J connectivity index is 2.39. The molecule has 4 heteroatoms. The molecule has 0 heterocycles. The molecule has 2 rings (SSSR count). The number of carboxylic acid groups (broad SMARTS) is 1. The molecule has 2 aromatic rings. The number of methoxy groups -OCH3 is 1. The Morgan fingerprint density at radius 2 is 1.65 bits per heavy atom. The van der Waals surface area contributed by atoms with Crippen LogP contribution in [0.2, 0.25) is 0 Å². The summed E-state index contributed by atoms with van der Waals surface area (Å²) < 4.78 is 5.05. The Morgan fingerprint density at radius 3 is 2.15 bits per heavy atom. The lowest BCUT2D eigenvalue weighted by Crippen LogP contribution is -1.99. The molecule has 0 saturated heterocycles. The minimum Gasteiger partial charge on any atom is -0.508 e. The van der Waals surface area contributed by atoms with Crippen molar-refractivity contribution in [2.24, 2.45) is 0 Å². The number of aliphatic carboxylic acids is 1. The first-order chi connectivity index (χ1) is 9.60. The molecule has 0 aliphatic rings. The van der Waals surface area contributed by atoms with Gasteiger partial charge in [0.1, 0.15) is 11.5 Å². The monoisotopic (exact) mass is 270 g/mol. The Hall–Kier alpha value is -2.75. The Morgan fingerprint density at radius 1 is 1.05 bits per heavy atom. The second-order valence-corrected chi connectivity index (χ2v) is 4.18. The molecule has 2 aromatic carbocycles. The minimum absolute atomic E-state index is 0.0999. The van der Waals surface area contributed by atoms with Crippen LogP contribution in [0, 0.1) is 0 Å². The zero-order chi connectivity index (χ0) is 14.5. The number of phenols is 1. The molecule has 0 amide bonds. The predicted molar refractivity (Wildman–Crippen MR) is 76.6 cm³/mol. The first-order valence-electron chi connectivity index (χ1n) is 5.98. The number of hydrogen-bond acceptors (Lipinski definition) is 3. The van der Waals surface area contributed by atoms with Crippen LogP contribution >= 0.6 is 0 Å². The third-order valence-electron chi connectivity index (χ3n) is 2.84. The second kappa shape index (κ2) is 5.93. The number of carboxylic acids is 1. The van der Waals surface area contributed by atoms with Crippen LogP contribution in [-0.4, -0.2) is 23.3 Å². The van der Waals surface area contributed by atoms with Crippen molar-refractivity contribution in [2.45, 2.75) is 0 Å². The Bertz CT molecular complexity index is 625. The average molecular weight is 270 g/mol. The van der Waals surface area contributed by atoms with Gasteiger partial charge in [0.15, 0.2) is 0 Å². The van der Waals surface area contributed by atoms with E-state index in [9.17, 15) is 15.0 Å². The van der Waals surface area contributed by atoms with E-state index >= 15 is 0 Å². The summed E-state index contributed by atoms with van der Waals surface area (Å²) in [4.78, 5) is 11.4. The van der Waals surface area contributed by atoms with E-state index in [1.807, 2.05) is 0 Å². The summed E-state index contributed by atoms with van der Waals surface area (Å²) >= 11 is 0. The van der Waals surface area contributed by atoms with Crippen LogP contribution in [0.4, 0.5) is 0 Å². The molecule has 0 fully saturated rings. The average Bonchev–Trinajstić information content (AvgIpc) is 2.46. The maximum absolute atomic E-state index is 11.4. The van der Waals surface area contributed by atoms with Crippen molar-refractivity contribution in [3.05, 3.63) is 59.7 Å². The van der Waals surface area contributed by atoms with Crippen LogP contribution in [0.1, 0.15) is 11.1 Å². The summed E-state index contributed by atoms with van der Waals surface area (Å²) in [6, 6.07) is 13.1. The molecule has 0 spiro atoms. The lowest BCUT2D eigenvalue weighted by molar-refractivity contribution is -0.130. The van der Waals surface area contributed by atoms with E-state index in [0.717, 1.165) is 5.56 Å². The highest BCUT2D eigenvalue weighted by Gasteiger charge is 2.10. The van der Waals surface area contributed by atoms with Gasteiger partial charge < -0.3 is 14.9 Å². The molecule has 0 unspecified atom stereocenters. The highest BCUT2D eigenvalue weighted by molar-refractivity contribution is 6.20. The molecule has 20 heavy (non-hydrogen) atoms. The normalized spacial score (nSPS) is 11.2. The highest BCUT2D eigenvalue weighted by atomic mass is 16.5. The van der Waals surface area contributed by atoms with E-state index in [4.69, 9.17) is 4.74 Å². The molecule has 0 aliphatic carbocycles. The Kier molecular flexibility index (Phi) is 4.05. The van der Waals surface area contributed by atoms with Crippen LogP contribution < -0.4 is 4.74 Å². The third kappa shape index (κ3) is 3.17. The predicted octanol–water partition coefficient (Wildman–Crippen LogP) is 3.03. The number of carbonyl (C=O) groups is 1. The van der Waals surface area contributed by atoms with Crippen LogP contribution in [0.5, 0.6) is 11.5 Å². The van der Waals surface area contributed by atoms with Crippen molar-refractivity contribution >= 4 is 17.6 Å². The van der Waals surface area contributed by atoms with Gasteiger partial charge >= 0.3 is 5.97 Å². The van der Waals surface area contributed by atoms with Crippen LogP contribution in [0.25, 0.3) is 11.6 Å². The van der Waals surface area contributed by atoms with Gasteiger partial charge in [0, 0.05) is 0 Å². The topological polar surface area (TPSA) is 66.8 Å². The minimum atomic E-state index is -1.02. The van der Waals surface area contributed by atoms with E-state index < -0.39 is 5.97 Å². The smallest absolute Gasteiger partial charge is 0.336 e. The SMILES string of the molecule is COc1ccc(/C=C(/C(=O)O)c2ccc(O)cc2)cc1. The third-order valence-corrected chi connectivity index (χ3v) is 2.84. The fourth-order valence-electron chi connectivity index (χ4n) is 1.78. The maximum atomic E-state index is 11.4. The van der Waals surface area contributed by atoms with E-state index in [1.54, 1.807) is 49.6 Å². The standard InChI is InChI=1S/C16H14O4/c1-20-14-8-2-11(3-9-14)10-15(16(18)19)12-4-6-13(17)7-5-12/h2-10,17H,1H3,(H,18,19)/b15-10+. The fraction of sp³-hybridized carbons (Fsp3) is 0.0625. The summed E-state index contributed by atoms with van der Waals surface area (Å²) in [5.74, 6) is -0.210. The first-order valence-corrected chi connectivity index (χ1v) is 5.98. The van der Waals surface area contributed by atoms with Crippen LogP contribution in [-0.2, 0) is 4.79 Å².